The molecule has 0 unspecified atom stereocenters. The third kappa shape index (κ3) is 3.64. The van der Waals surface area contributed by atoms with Crippen molar-refractivity contribution in [3.63, 3.8) is 0 Å². The number of hydrogen-bond donors (Lipinski definition) is 1. The van der Waals surface area contributed by atoms with E-state index in [2.05, 4.69) is 9.88 Å². The predicted octanol–water partition coefficient (Wildman–Crippen LogP) is 1.06. The van der Waals surface area contributed by atoms with E-state index in [0.717, 1.165) is 36.1 Å². The fourth-order valence-corrected chi connectivity index (χ4v) is 3.08. The number of aliphatic carboxylic acids is 1. The fraction of sp³-hybridized carbons (Fsp3) is 0.385. The van der Waals surface area contributed by atoms with Crippen LogP contribution in [0.3, 0.4) is 0 Å². The van der Waals surface area contributed by atoms with Gasteiger partial charge in [-0.3, -0.25) is 4.21 Å². The molecule has 1 aromatic heterocycles. The van der Waals surface area contributed by atoms with E-state index in [-0.39, 0.29) is 0 Å². The molecule has 0 radical (unpaired) electrons. The molecule has 1 fully saturated rings. The maximum Gasteiger partial charge on any atom is 0.328 e. The van der Waals surface area contributed by atoms with Crippen LogP contribution in [0.15, 0.2) is 18.3 Å². The molecule has 0 atom stereocenters. The molecule has 1 N–H and O–H groups in total. The molecule has 19 heavy (non-hydrogen) atoms. The molecule has 5 nitrogen and oxygen atoms in total. The molecule has 0 saturated carbocycles. The Kier molecular flexibility index (Phi) is 4.31. The number of carbonyl (C=O) groups is 1. The Labute approximate surface area is 114 Å². The summed E-state index contributed by atoms with van der Waals surface area (Å²) in [6.07, 6.45) is 4.28. The van der Waals surface area contributed by atoms with Crippen molar-refractivity contribution in [2.75, 3.05) is 29.5 Å². The average molecular weight is 280 g/mol. The normalized spacial score (nSPS) is 17.0. The van der Waals surface area contributed by atoms with Crippen molar-refractivity contribution in [1.29, 1.82) is 0 Å². The highest BCUT2D eigenvalue weighted by molar-refractivity contribution is 7.85. The molecule has 0 aliphatic carbocycles. The first-order chi connectivity index (χ1) is 9.06. The second-order valence-electron chi connectivity index (χ2n) is 4.42. The van der Waals surface area contributed by atoms with Gasteiger partial charge in [-0.05, 0) is 30.2 Å². The SMILES string of the molecule is Cc1cc(/C=C/C(=O)O)cnc1N1CCS(=O)CC1. The molecule has 1 aliphatic heterocycles. The van der Waals surface area contributed by atoms with Crippen molar-refractivity contribution in [3.05, 3.63) is 29.5 Å². The van der Waals surface area contributed by atoms with E-state index in [9.17, 15) is 9.00 Å². The van der Waals surface area contributed by atoms with Gasteiger partial charge in [-0.2, -0.15) is 0 Å². The average Bonchev–Trinajstić information content (AvgIpc) is 2.38. The topological polar surface area (TPSA) is 70.5 Å². The van der Waals surface area contributed by atoms with E-state index < -0.39 is 16.8 Å². The molecular formula is C13H16N2O3S. The first-order valence-corrected chi connectivity index (χ1v) is 7.52. The lowest BCUT2D eigenvalue weighted by atomic mass is 10.2. The largest absolute Gasteiger partial charge is 0.478 e. The monoisotopic (exact) mass is 280 g/mol. The van der Waals surface area contributed by atoms with Gasteiger partial charge in [0.2, 0.25) is 0 Å². The van der Waals surface area contributed by atoms with Crippen molar-refractivity contribution in [1.82, 2.24) is 4.98 Å². The standard InChI is InChI=1S/C13H16N2O3S/c1-10-8-11(2-3-12(16)17)9-14-13(10)15-4-6-19(18)7-5-15/h2-3,8-9H,4-7H2,1H3,(H,16,17)/b3-2+. The van der Waals surface area contributed by atoms with Crippen LogP contribution in [-0.2, 0) is 15.6 Å². The smallest absolute Gasteiger partial charge is 0.328 e. The summed E-state index contributed by atoms with van der Waals surface area (Å²) in [5.41, 5.74) is 1.77. The van der Waals surface area contributed by atoms with E-state index in [1.807, 2.05) is 13.0 Å². The Bertz CT molecular complexity index is 533. The maximum atomic E-state index is 11.3. The lowest BCUT2D eigenvalue weighted by Gasteiger charge is -2.28. The first kappa shape index (κ1) is 13.7. The highest BCUT2D eigenvalue weighted by Gasteiger charge is 2.17. The number of rotatable bonds is 3. The Morgan fingerprint density at radius 2 is 2.16 bits per heavy atom. The lowest BCUT2D eigenvalue weighted by Crippen LogP contribution is -2.38. The van der Waals surface area contributed by atoms with Crippen LogP contribution in [0.25, 0.3) is 6.08 Å². The van der Waals surface area contributed by atoms with Crippen LogP contribution >= 0.6 is 0 Å². The lowest BCUT2D eigenvalue weighted by molar-refractivity contribution is -0.131. The summed E-state index contributed by atoms with van der Waals surface area (Å²) in [6, 6.07) is 1.91. The van der Waals surface area contributed by atoms with Crippen molar-refractivity contribution < 1.29 is 14.1 Å². The Morgan fingerprint density at radius 3 is 2.74 bits per heavy atom. The molecule has 0 spiro atoms. The minimum atomic E-state index is -0.972. The van der Waals surface area contributed by atoms with Gasteiger partial charge in [0.25, 0.3) is 0 Å². The minimum Gasteiger partial charge on any atom is -0.478 e. The van der Waals surface area contributed by atoms with Crippen molar-refractivity contribution in [2.24, 2.45) is 0 Å². The number of carboxylic acids is 1. The molecular weight excluding hydrogens is 264 g/mol. The summed E-state index contributed by atoms with van der Waals surface area (Å²) in [4.78, 5) is 17.0. The summed E-state index contributed by atoms with van der Waals surface area (Å²) in [6.45, 7) is 3.46. The van der Waals surface area contributed by atoms with E-state index in [1.165, 1.54) is 6.08 Å². The van der Waals surface area contributed by atoms with Gasteiger partial charge in [0.05, 0.1) is 0 Å². The van der Waals surface area contributed by atoms with E-state index >= 15 is 0 Å². The van der Waals surface area contributed by atoms with Crippen LogP contribution in [0.2, 0.25) is 0 Å². The number of pyridine rings is 1. The molecule has 1 saturated heterocycles. The van der Waals surface area contributed by atoms with Gasteiger partial charge in [0.1, 0.15) is 5.82 Å². The Balaban J connectivity index is 2.15. The predicted molar refractivity (Wildman–Crippen MR) is 75.7 cm³/mol. The van der Waals surface area contributed by atoms with Crippen LogP contribution in [0.1, 0.15) is 11.1 Å². The Hall–Kier alpha value is -1.69. The highest BCUT2D eigenvalue weighted by Crippen LogP contribution is 2.20. The molecule has 0 bridgehead atoms. The van der Waals surface area contributed by atoms with E-state index in [4.69, 9.17) is 5.11 Å². The van der Waals surface area contributed by atoms with Gasteiger partial charge in [-0.25, -0.2) is 9.78 Å². The Morgan fingerprint density at radius 1 is 1.47 bits per heavy atom. The van der Waals surface area contributed by atoms with Crippen LogP contribution < -0.4 is 4.90 Å². The second-order valence-corrected chi connectivity index (χ2v) is 6.11. The van der Waals surface area contributed by atoms with Gasteiger partial charge in [0.15, 0.2) is 0 Å². The summed E-state index contributed by atoms with van der Waals surface area (Å²) >= 11 is 0. The minimum absolute atomic E-state index is 0.682. The zero-order valence-corrected chi connectivity index (χ0v) is 11.5. The molecule has 1 aliphatic rings. The van der Waals surface area contributed by atoms with E-state index in [0.29, 0.717) is 11.5 Å². The molecule has 2 rings (SSSR count). The maximum absolute atomic E-state index is 11.3. The fourth-order valence-electron chi connectivity index (χ4n) is 2.03. The molecule has 2 heterocycles. The number of aromatic nitrogens is 1. The number of carboxylic acid groups (broad SMARTS) is 1. The zero-order valence-electron chi connectivity index (χ0n) is 10.7. The zero-order chi connectivity index (χ0) is 13.8. The van der Waals surface area contributed by atoms with Gasteiger partial charge in [-0.15, -0.1) is 0 Å². The quantitative estimate of drug-likeness (QED) is 0.838. The molecule has 0 amide bonds. The molecule has 1 aromatic rings. The summed E-state index contributed by atoms with van der Waals surface area (Å²) in [5, 5.41) is 8.58. The van der Waals surface area contributed by atoms with Crippen LogP contribution in [0.4, 0.5) is 5.82 Å². The molecule has 6 heteroatoms. The summed E-state index contributed by atoms with van der Waals surface area (Å²) in [5.74, 6) is 1.29. The second kappa shape index (κ2) is 5.97. The van der Waals surface area contributed by atoms with Gasteiger partial charge in [-0.1, -0.05) is 0 Å². The van der Waals surface area contributed by atoms with Crippen LogP contribution in [-0.4, -0.2) is 44.9 Å². The van der Waals surface area contributed by atoms with Gasteiger partial charge < -0.3 is 10.0 Å². The van der Waals surface area contributed by atoms with Crippen molar-refractivity contribution in [3.8, 4) is 0 Å². The third-order valence-electron chi connectivity index (χ3n) is 2.97. The van der Waals surface area contributed by atoms with E-state index in [1.54, 1.807) is 6.20 Å². The molecule has 102 valence electrons. The first-order valence-electron chi connectivity index (χ1n) is 6.04. The van der Waals surface area contributed by atoms with Crippen molar-refractivity contribution >= 4 is 28.7 Å². The highest BCUT2D eigenvalue weighted by atomic mass is 32.2. The summed E-state index contributed by atoms with van der Waals surface area (Å²) < 4.78 is 11.3. The molecule has 0 aromatic carbocycles. The van der Waals surface area contributed by atoms with Gasteiger partial charge >= 0.3 is 5.97 Å². The number of hydrogen-bond acceptors (Lipinski definition) is 4. The van der Waals surface area contributed by atoms with Crippen LogP contribution in [0.5, 0.6) is 0 Å². The third-order valence-corrected chi connectivity index (χ3v) is 4.24. The summed E-state index contributed by atoms with van der Waals surface area (Å²) in [7, 11) is -0.700. The number of aryl methyl sites for hydroxylation is 1. The van der Waals surface area contributed by atoms with Crippen LogP contribution in [0, 0.1) is 6.92 Å². The number of nitrogens with zero attached hydrogens (tertiary/aromatic N) is 2. The van der Waals surface area contributed by atoms with Gasteiger partial charge in [0, 0.05) is 47.7 Å². The number of anilines is 1. The van der Waals surface area contributed by atoms with Crippen molar-refractivity contribution in [2.45, 2.75) is 6.92 Å².